The number of nitriles is 2. The summed E-state index contributed by atoms with van der Waals surface area (Å²) < 4.78 is 27.0. The summed E-state index contributed by atoms with van der Waals surface area (Å²) in [5.74, 6) is -0.590. The van der Waals surface area contributed by atoms with E-state index in [1.165, 1.54) is 12.8 Å². The summed E-state index contributed by atoms with van der Waals surface area (Å²) in [5, 5.41) is 64.6. The number of rotatable bonds is 6. The van der Waals surface area contributed by atoms with E-state index in [0.717, 1.165) is 20.1 Å². The number of aliphatic carboxylic acids is 1. The van der Waals surface area contributed by atoms with Gasteiger partial charge in [-0.05, 0) is 91.6 Å². The number of carbonyl (C=O) groups is 1. The lowest BCUT2D eigenvalue weighted by atomic mass is 10.1. The molecule has 0 aromatic carbocycles. The van der Waals surface area contributed by atoms with Crippen molar-refractivity contribution in [3.8, 4) is 12.1 Å². The number of amidine groups is 2. The second-order valence-corrected chi connectivity index (χ2v) is 12.5. The molecule has 1 saturated heterocycles. The van der Waals surface area contributed by atoms with Crippen LogP contribution in [0.2, 0.25) is 0 Å². The minimum atomic E-state index is -1.08. The maximum Gasteiger partial charge on any atom is 0.266 e. The number of carbonyl (C=O) groups excluding carboxylic acids is 1. The number of aromatic amines is 1. The van der Waals surface area contributed by atoms with Gasteiger partial charge < -0.3 is 25.6 Å². The van der Waals surface area contributed by atoms with Gasteiger partial charge in [0, 0.05) is 81.2 Å². The highest BCUT2D eigenvalue weighted by Crippen LogP contribution is 2.13. The van der Waals surface area contributed by atoms with E-state index >= 15 is 0 Å². The zero-order valence-corrected chi connectivity index (χ0v) is 33.6. The molecule has 6 rings (SSSR count). The predicted molar refractivity (Wildman–Crippen MR) is 209 cm³/mol. The number of alkyl halides is 1. The molecule has 312 valence electrons. The van der Waals surface area contributed by atoms with Gasteiger partial charge in [0.05, 0.1) is 20.7 Å². The molecule has 8 N–H and O–H groups in total. The first-order chi connectivity index (χ1) is 27.4. The van der Waals surface area contributed by atoms with Crippen LogP contribution in [0.4, 0.5) is 4.39 Å². The maximum atomic E-state index is 9.96. The van der Waals surface area contributed by atoms with Crippen LogP contribution >= 0.6 is 0 Å². The summed E-state index contributed by atoms with van der Waals surface area (Å²) in [6, 6.07) is 13.2. The van der Waals surface area contributed by atoms with Crippen LogP contribution in [0, 0.1) is 22.7 Å². The van der Waals surface area contributed by atoms with Crippen LogP contribution in [0.15, 0.2) is 97.5 Å². The normalized spacial score (nSPS) is 11.7. The number of aromatic nitrogens is 10. The van der Waals surface area contributed by atoms with E-state index in [-0.39, 0.29) is 5.84 Å². The van der Waals surface area contributed by atoms with Crippen molar-refractivity contribution in [2.45, 2.75) is 84.5 Å². The summed E-state index contributed by atoms with van der Waals surface area (Å²) in [7, 11) is -1.00. The van der Waals surface area contributed by atoms with Gasteiger partial charge in [-0.3, -0.25) is 39.4 Å². The highest BCUT2D eigenvalue weighted by molar-refractivity contribution is 5.86. The van der Waals surface area contributed by atoms with E-state index < -0.39 is 29.7 Å². The van der Waals surface area contributed by atoms with Crippen molar-refractivity contribution in [3.63, 3.8) is 0 Å². The third kappa shape index (κ3) is 22.8. The van der Waals surface area contributed by atoms with Gasteiger partial charge in [-0.1, -0.05) is 5.16 Å². The predicted octanol–water partition coefficient (Wildman–Crippen LogP) is 1.20. The maximum absolute atomic E-state index is 9.96. The van der Waals surface area contributed by atoms with Gasteiger partial charge in [-0.25, -0.2) is 0 Å². The molecule has 1 aliphatic rings. The number of halogens is 1. The number of hydrogen-bond acceptors (Lipinski definition) is 12. The third-order valence-electron chi connectivity index (χ3n) is 6.97. The molecule has 0 spiro atoms. The van der Waals surface area contributed by atoms with Crippen molar-refractivity contribution in [2.24, 2.45) is 16.6 Å². The van der Waals surface area contributed by atoms with Crippen LogP contribution < -0.4 is 22.0 Å². The lowest BCUT2D eigenvalue weighted by molar-refractivity contribution is -0.302. The number of H-pyrrole nitrogens is 1. The summed E-state index contributed by atoms with van der Waals surface area (Å²) in [4.78, 5) is 8.89. The molecule has 6 heterocycles. The Labute approximate surface area is 334 Å². The van der Waals surface area contributed by atoms with E-state index in [0.29, 0.717) is 12.4 Å². The van der Waals surface area contributed by atoms with Gasteiger partial charge in [0.2, 0.25) is 0 Å². The molecule has 0 unspecified atom stereocenters. The average Bonchev–Trinajstić information content (AvgIpc) is 4.05. The summed E-state index contributed by atoms with van der Waals surface area (Å²) >= 11 is 0. The number of nitrogens with zero attached hydrogens (tertiary/aromatic N) is 12. The number of carboxylic acids is 1. The zero-order valence-electron chi connectivity index (χ0n) is 34.6. The SMILES string of the molecule is C1CCOC1.CC(=O)[O-].CC(C)(/C(N)=N/O)n1cccn1.CC(C)(C#N)n1cccn1.CC(C)(C(N)=[NH2+])n1cccn1.N#CCn1cccn1.[2H]CF.c1cn[nH]c1. The Hall–Kier alpha value is -6.87. The van der Waals surface area contributed by atoms with Gasteiger partial charge in [-0.15, -0.1) is 0 Å². The van der Waals surface area contributed by atoms with Crippen LogP contribution in [0.3, 0.4) is 0 Å². The molecule has 21 heteroatoms. The largest absolute Gasteiger partial charge is 0.550 e. The number of hydrogen-bond donors (Lipinski definition) is 5. The Balaban J connectivity index is 0. The molecule has 20 nitrogen and oxygen atoms in total. The van der Waals surface area contributed by atoms with Gasteiger partial charge in [0.15, 0.2) is 11.4 Å². The minimum Gasteiger partial charge on any atom is -0.550 e. The lowest BCUT2D eigenvalue weighted by Crippen LogP contribution is -2.58. The topological polar surface area (TPSA) is 307 Å². The van der Waals surface area contributed by atoms with Gasteiger partial charge in [0.25, 0.3) is 5.84 Å². The molecule has 1 aliphatic heterocycles. The molecule has 0 radical (unpaired) electrons. The molecule has 1 fully saturated rings. The number of ether oxygens (including phenoxy) is 1. The van der Waals surface area contributed by atoms with E-state index in [4.69, 9.17) is 48.6 Å². The highest BCUT2D eigenvalue weighted by atomic mass is 19.1. The zero-order chi connectivity index (χ0) is 44.5. The molecule has 57 heavy (non-hydrogen) atoms. The van der Waals surface area contributed by atoms with Crippen molar-refractivity contribution >= 4 is 17.6 Å². The first kappa shape index (κ1) is 50.1. The standard InChI is InChI=1S/C7H12N4O.C7H12N4.C7H9N3.C5H5N3.C4H8O.C3H4N2.C2H4O2.CH3F/c1-7(2,6(8)10-12)11-5-3-4-9-11;1-7(2,6(8)9)11-5-3-4-10-11;1-7(2,6-8)10-5-3-4-9-10;6-2-5-8-4-1-3-7-8;2*1-2-4-5-3-1;1-2(3)4;1-2/h3-5,12H,1-2H3,(H2,8,10);3-5H,1-2H3,(H3,8,9);3-5H,1-2H3;1,3-4H,5H2;1-4H2;1-3H,(H,4,5);1H3,(H,3,4);1H3/i;;;;;;;1D. The van der Waals surface area contributed by atoms with E-state index in [2.05, 4.69) is 41.8 Å². The molecular formula is C36H57FN16O4. The molecular weight excluding hydrogens is 740 g/mol. The third-order valence-corrected chi connectivity index (χ3v) is 6.97. The first-order valence-electron chi connectivity index (χ1n) is 17.8. The number of nitrogens with two attached hydrogens (primary N) is 3. The molecule has 0 atom stereocenters. The smallest absolute Gasteiger partial charge is 0.266 e. The average molecular weight is 798 g/mol. The van der Waals surface area contributed by atoms with Crippen LogP contribution in [0.5, 0.6) is 0 Å². The Morgan fingerprint density at radius 3 is 1.65 bits per heavy atom. The summed E-state index contributed by atoms with van der Waals surface area (Å²) in [6.45, 7) is 14.4. The summed E-state index contributed by atoms with van der Waals surface area (Å²) in [5.41, 5.74) is 9.47. The molecule has 0 aliphatic carbocycles. The second-order valence-electron chi connectivity index (χ2n) is 12.5. The van der Waals surface area contributed by atoms with Crippen LogP contribution in [-0.4, -0.2) is 92.5 Å². The van der Waals surface area contributed by atoms with Gasteiger partial charge in [-0.2, -0.15) is 36.0 Å². The Bertz CT molecular complexity index is 1780. The van der Waals surface area contributed by atoms with E-state index in [1.54, 1.807) is 92.7 Å². The number of carboxylic acid groups (broad SMARTS) is 1. The van der Waals surface area contributed by atoms with Crippen LogP contribution in [0.25, 0.3) is 0 Å². The molecule has 5 aromatic heterocycles. The van der Waals surface area contributed by atoms with Crippen LogP contribution in [0.1, 0.15) is 62.7 Å². The molecule has 0 amide bonds. The Morgan fingerprint density at radius 1 is 0.912 bits per heavy atom. The lowest BCUT2D eigenvalue weighted by Gasteiger charge is -2.23. The van der Waals surface area contributed by atoms with Crippen LogP contribution in [-0.2, 0) is 32.7 Å². The Morgan fingerprint density at radius 2 is 1.37 bits per heavy atom. The fourth-order valence-electron chi connectivity index (χ4n) is 3.41. The first-order valence-corrected chi connectivity index (χ1v) is 17.0. The monoisotopic (exact) mass is 797 g/mol. The number of oxime groups is 1. The van der Waals surface area contributed by atoms with Crippen molar-refractivity contribution < 1.29 is 31.0 Å². The molecule has 0 saturated carbocycles. The second kappa shape index (κ2) is 29.5. The van der Waals surface area contributed by atoms with E-state index in [1.807, 2.05) is 65.9 Å². The fraction of sp³-hybridized carbons (Fsp3) is 0.444. The Kier molecular flexibility index (Phi) is 25.9. The fourth-order valence-corrected chi connectivity index (χ4v) is 3.41. The van der Waals surface area contributed by atoms with Gasteiger partial charge in [0.1, 0.15) is 17.6 Å². The van der Waals surface area contributed by atoms with Crippen molar-refractivity contribution in [1.82, 2.24) is 49.3 Å². The number of nitrogens with one attached hydrogen (secondary N) is 1. The van der Waals surface area contributed by atoms with Crippen molar-refractivity contribution in [2.75, 3.05) is 20.4 Å². The van der Waals surface area contributed by atoms with E-state index in [9.17, 15) is 4.39 Å². The minimum absolute atomic E-state index is 0.131. The van der Waals surface area contributed by atoms with Gasteiger partial charge >= 0.3 is 0 Å². The highest BCUT2D eigenvalue weighted by Gasteiger charge is 2.28. The molecule has 5 aromatic rings. The quantitative estimate of drug-likeness (QED) is 0.0699. The molecule has 0 bridgehead atoms. The summed E-state index contributed by atoms with van der Waals surface area (Å²) in [6.07, 6.45) is 19.8. The van der Waals surface area contributed by atoms with Crippen molar-refractivity contribution in [3.05, 3.63) is 92.3 Å². The van der Waals surface area contributed by atoms with Crippen molar-refractivity contribution in [1.29, 1.82) is 10.5 Å².